The third-order valence-electron chi connectivity index (χ3n) is 3.75. The van der Waals surface area contributed by atoms with Crippen LogP contribution in [0.2, 0.25) is 0 Å². The molecular formula is C18H21BrN2O4S. The van der Waals surface area contributed by atoms with Crippen molar-refractivity contribution in [1.82, 2.24) is 0 Å². The van der Waals surface area contributed by atoms with Gasteiger partial charge in [-0.2, -0.15) is 0 Å². The number of aryl methyl sites for hydroxylation is 1. The second-order valence-electron chi connectivity index (χ2n) is 5.91. The van der Waals surface area contributed by atoms with Crippen molar-refractivity contribution in [2.45, 2.75) is 19.9 Å². The maximum Gasteiger partial charge on any atom is 0.247 e. The number of rotatable bonds is 6. The van der Waals surface area contributed by atoms with Crippen LogP contribution in [0.5, 0.6) is 5.75 Å². The highest BCUT2D eigenvalue weighted by Crippen LogP contribution is 2.33. The maximum absolute atomic E-state index is 12.7. The summed E-state index contributed by atoms with van der Waals surface area (Å²) in [6.07, 6.45) is 1.07. The SMILES string of the molecule is COc1ccc(C)cc1N(C(C)C(=O)Nc1cccc(Br)c1)S(C)(=O)=O. The molecule has 0 saturated carbocycles. The molecular weight excluding hydrogens is 420 g/mol. The lowest BCUT2D eigenvalue weighted by Crippen LogP contribution is -2.45. The fourth-order valence-electron chi connectivity index (χ4n) is 2.57. The van der Waals surface area contributed by atoms with Gasteiger partial charge in [0, 0.05) is 10.2 Å². The molecule has 8 heteroatoms. The molecule has 0 saturated heterocycles. The standard InChI is InChI=1S/C18H21BrN2O4S/c1-12-8-9-17(25-3)16(10-12)21(26(4,23)24)13(2)18(22)20-15-7-5-6-14(19)11-15/h5-11,13H,1-4H3,(H,20,22). The molecule has 0 bridgehead atoms. The molecule has 0 aliphatic heterocycles. The molecule has 0 aliphatic rings. The summed E-state index contributed by atoms with van der Waals surface area (Å²) in [5.41, 5.74) is 1.75. The summed E-state index contributed by atoms with van der Waals surface area (Å²) in [5, 5.41) is 2.74. The fourth-order valence-corrected chi connectivity index (χ4v) is 4.14. The van der Waals surface area contributed by atoms with Crippen LogP contribution < -0.4 is 14.4 Å². The van der Waals surface area contributed by atoms with Gasteiger partial charge in [0.2, 0.25) is 15.9 Å². The van der Waals surface area contributed by atoms with Crippen molar-refractivity contribution in [3.8, 4) is 5.75 Å². The zero-order chi connectivity index (χ0) is 19.5. The van der Waals surface area contributed by atoms with E-state index in [9.17, 15) is 13.2 Å². The minimum Gasteiger partial charge on any atom is -0.495 e. The van der Waals surface area contributed by atoms with Crippen LogP contribution in [0.4, 0.5) is 11.4 Å². The van der Waals surface area contributed by atoms with E-state index in [0.29, 0.717) is 17.1 Å². The molecule has 0 radical (unpaired) electrons. The zero-order valence-corrected chi connectivity index (χ0v) is 17.4. The summed E-state index contributed by atoms with van der Waals surface area (Å²) >= 11 is 3.34. The van der Waals surface area contributed by atoms with Gasteiger partial charge in [-0.15, -0.1) is 0 Å². The van der Waals surface area contributed by atoms with Crippen LogP contribution in [-0.2, 0) is 14.8 Å². The van der Waals surface area contributed by atoms with E-state index >= 15 is 0 Å². The lowest BCUT2D eigenvalue weighted by atomic mass is 10.2. The number of sulfonamides is 1. The number of anilines is 2. The predicted octanol–water partition coefficient (Wildman–Crippen LogP) is 3.56. The van der Waals surface area contributed by atoms with Crippen LogP contribution in [0.15, 0.2) is 46.9 Å². The van der Waals surface area contributed by atoms with Gasteiger partial charge in [0.05, 0.1) is 19.1 Å². The van der Waals surface area contributed by atoms with Crippen LogP contribution in [0.25, 0.3) is 0 Å². The second-order valence-corrected chi connectivity index (χ2v) is 8.68. The highest BCUT2D eigenvalue weighted by molar-refractivity contribution is 9.10. The molecule has 0 aromatic heterocycles. The summed E-state index contributed by atoms with van der Waals surface area (Å²) in [5.74, 6) is -0.0692. The van der Waals surface area contributed by atoms with Gasteiger partial charge in [0.25, 0.3) is 0 Å². The lowest BCUT2D eigenvalue weighted by Gasteiger charge is -2.29. The number of methoxy groups -OCH3 is 1. The van der Waals surface area contributed by atoms with E-state index in [1.807, 2.05) is 19.1 Å². The Morgan fingerprint density at radius 3 is 2.50 bits per heavy atom. The molecule has 0 spiro atoms. The minimum absolute atomic E-state index is 0.326. The first-order valence-corrected chi connectivity index (χ1v) is 10.5. The van der Waals surface area contributed by atoms with Crippen LogP contribution in [-0.4, -0.2) is 33.7 Å². The van der Waals surface area contributed by atoms with Gasteiger partial charge in [-0.3, -0.25) is 9.10 Å². The van der Waals surface area contributed by atoms with E-state index < -0.39 is 22.0 Å². The van der Waals surface area contributed by atoms with Gasteiger partial charge in [-0.1, -0.05) is 28.1 Å². The molecule has 2 aromatic carbocycles. The Hall–Kier alpha value is -2.06. The number of nitrogens with zero attached hydrogens (tertiary/aromatic N) is 1. The maximum atomic E-state index is 12.7. The van der Waals surface area contributed by atoms with Crippen LogP contribution in [0.1, 0.15) is 12.5 Å². The predicted molar refractivity (Wildman–Crippen MR) is 107 cm³/mol. The summed E-state index contributed by atoms with van der Waals surface area (Å²) in [6.45, 7) is 3.38. The smallest absolute Gasteiger partial charge is 0.247 e. The van der Waals surface area contributed by atoms with Gasteiger partial charge in [0.15, 0.2) is 0 Å². The molecule has 1 amide bonds. The fraction of sp³-hybridized carbons (Fsp3) is 0.278. The number of carbonyl (C=O) groups excluding carboxylic acids is 1. The average Bonchev–Trinajstić information content (AvgIpc) is 2.54. The molecule has 6 nitrogen and oxygen atoms in total. The molecule has 0 aliphatic carbocycles. The molecule has 1 atom stereocenters. The van der Waals surface area contributed by atoms with Crippen molar-refractivity contribution < 1.29 is 17.9 Å². The number of carbonyl (C=O) groups is 1. The Kier molecular flexibility index (Phi) is 6.30. The zero-order valence-electron chi connectivity index (χ0n) is 15.0. The Labute approximate surface area is 162 Å². The largest absolute Gasteiger partial charge is 0.495 e. The van der Waals surface area contributed by atoms with Crippen molar-refractivity contribution in [1.29, 1.82) is 0 Å². The van der Waals surface area contributed by atoms with Gasteiger partial charge >= 0.3 is 0 Å². The van der Waals surface area contributed by atoms with E-state index in [1.54, 1.807) is 30.3 Å². The minimum atomic E-state index is -3.73. The number of nitrogens with one attached hydrogen (secondary N) is 1. The van der Waals surface area contributed by atoms with Gasteiger partial charge in [-0.25, -0.2) is 8.42 Å². The van der Waals surface area contributed by atoms with E-state index in [2.05, 4.69) is 21.2 Å². The van der Waals surface area contributed by atoms with Crippen molar-refractivity contribution in [2.24, 2.45) is 0 Å². The monoisotopic (exact) mass is 440 g/mol. The second kappa shape index (κ2) is 8.09. The summed E-state index contributed by atoms with van der Waals surface area (Å²) in [7, 11) is -2.27. The number of hydrogen-bond acceptors (Lipinski definition) is 4. The molecule has 2 rings (SSSR count). The van der Waals surface area contributed by atoms with Crippen LogP contribution in [0, 0.1) is 6.92 Å². The quantitative estimate of drug-likeness (QED) is 0.744. The van der Waals surface area contributed by atoms with Crippen LogP contribution in [0.3, 0.4) is 0 Å². The molecule has 140 valence electrons. The van der Waals surface area contributed by atoms with E-state index in [1.165, 1.54) is 14.0 Å². The first-order chi connectivity index (χ1) is 12.1. The molecule has 1 N–H and O–H groups in total. The Bertz CT molecular complexity index is 915. The Morgan fingerprint density at radius 2 is 1.92 bits per heavy atom. The number of ether oxygens (including phenoxy) is 1. The number of amides is 1. The van der Waals surface area contributed by atoms with Crippen molar-refractivity contribution in [3.63, 3.8) is 0 Å². The normalized spacial score (nSPS) is 12.3. The molecule has 26 heavy (non-hydrogen) atoms. The summed E-state index contributed by atoms with van der Waals surface area (Å²) in [6, 6.07) is 11.3. The topological polar surface area (TPSA) is 75.7 Å². The van der Waals surface area contributed by atoms with Crippen molar-refractivity contribution in [2.75, 3.05) is 23.0 Å². The molecule has 1 unspecified atom stereocenters. The summed E-state index contributed by atoms with van der Waals surface area (Å²) in [4.78, 5) is 12.7. The third kappa shape index (κ3) is 4.76. The van der Waals surface area contributed by atoms with Crippen molar-refractivity contribution in [3.05, 3.63) is 52.5 Å². The van der Waals surface area contributed by atoms with E-state index in [0.717, 1.165) is 20.6 Å². The number of halogens is 1. The van der Waals surface area contributed by atoms with Gasteiger partial charge in [-0.05, 0) is 49.7 Å². The van der Waals surface area contributed by atoms with Crippen LogP contribution >= 0.6 is 15.9 Å². The Morgan fingerprint density at radius 1 is 1.23 bits per heavy atom. The van der Waals surface area contributed by atoms with E-state index in [-0.39, 0.29) is 0 Å². The highest BCUT2D eigenvalue weighted by atomic mass is 79.9. The van der Waals surface area contributed by atoms with E-state index in [4.69, 9.17) is 4.74 Å². The Balaban J connectivity index is 2.41. The van der Waals surface area contributed by atoms with Crippen molar-refractivity contribution >= 4 is 43.2 Å². The lowest BCUT2D eigenvalue weighted by molar-refractivity contribution is -0.116. The first-order valence-electron chi connectivity index (χ1n) is 7.84. The number of hydrogen-bond donors (Lipinski definition) is 1. The average molecular weight is 441 g/mol. The number of benzene rings is 2. The third-order valence-corrected chi connectivity index (χ3v) is 5.47. The highest BCUT2D eigenvalue weighted by Gasteiger charge is 2.31. The van der Waals surface area contributed by atoms with Gasteiger partial charge < -0.3 is 10.1 Å². The molecule has 2 aromatic rings. The summed E-state index contributed by atoms with van der Waals surface area (Å²) < 4.78 is 32.1. The molecule has 0 heterocycles. The molecule has 0 fully saturated rings. The van der Waals surface area contributed by atoms with Gasteiger partial charge in [0.1, 0.15) is 11.8 Å². The first kappa shape index (κ1) is 20.3.